The molecule has 1 fully saturated rings. The molecule has 2 amide bonds. The van der Waals surface area contributed by atoms with Gasteiger partial charge in [0.15, 0.2) is 11.5 Å². The molecular formula is C14H20N4O3. The fourth-order valence-electron chi connectivity index (χ4n) is 2.37. The molecule has 0 spiro atoms. The zero-order valence-electron chi connectivity index (χ0n) is 11.8. The molecule has 7 heteroatoms. The van der Waals surface area contributed by atoms with Gasteiger partial charge in [0.1, 0.15) is 13.2 Å². The van der Waals surface area contributed by atoms with Crippen molar-refractivity contribution in [1.82, 2.24) is 21.5 Å². The van der Waals surface area contributed by atoms with Crippen LogP contribution in [0.2, 0.25) is 0 Å². The van der Waals surface area contributed by atoms with Crippen LogP contribution in [0.5, 0.6) is 11.5 Å². The number of hydrogen-bond donors (Lipinski definition) is 4. The van der Waals surface area contributed by atoms with E-state index in [4.69, 9.17) is 9.47 Å². The number of ether oxygens (including phenoxy) is 2. The van der Waals surface area contributed by atoms with Gasteiger partial charge >= 0.3 is 6.03 Å². The van der Waals surface area contributed by atoms with Crippen molar-refractivity contribution in [2.75, 3.05) is 32.8 Å². The van der Waals surface area contributed by atoms with Crippen LogP contribution in [0.4, 0.5) is 4.79 Å². The lowest BCUT2D eigenvalue weighted by atomic mass is 10.1. The first-order chi connectivity index (χ1) is 10.3. The summed E-state index contributed by atoms with van der Waals surface area (Å²) in [5.74, 6) is 1.57. The number of benzene rings is 1. The van der Waals surface area contributed by atoms with Crippen LogP contribution in [-0.4, -0.2) is 44.9 Å². The molecule has 0 aromatic heterocycles. The maximum atomic E-state index is 11.7. The largest absolute Gasteiger partial charge is 0.486 e. The van der Waals surface area contributed by atoms with Crippen LogP contribution in [0.15, 0.2) is 18.2 Å². The summed E-state index contributed by atoms with van der Waals surface area (Å²) in [5, 5.41) is 5.76. The fraction of sp³-hybridized carbons (Fsp3) is 0.500. The summed E-state index contributed by atoms with van der Waals surface area (Å²) >= 11 is 0. The topological polar surface area (TPSA) is 83.7 Å². The molecule has 2 aliphatic heterocycles. The molecule has 114 valence electrons. The normalized spacial score (nSPS) is 17.5. The number of hydrogen-bond acceptors (Lipinski definition) is 5. The molecule has 2 heterocycles. The van der Waals surface area contributed by atoms with Gasteiger partial charge < -0.3 is 20.1 Å². The molecule has 3 rings (SSSR count). The third-order valence-corrected chi connectivity index (χ3v) is 3.46. The Morgan fingerprint density at radius 2 is 1.95 bits per heavy atom. The lowest BCUT2D eigenvalue weighted by Crippen LogP contribution is -2.44. The van der Waals surface area contributed by atoms with Crippen molar-refractivity contribution in [2.24, 2.45) is 0 Å². The second-order valence-electron chi connectivity index (χ2n) is 5.09. The Bertz CT molecular complexity index is 503. The van der Waals surface area contributed by atoms with Crippen LogP contribution in [0.25, 0.3) is 0 Å². The average Bonchev–Trinajstić information content (AvgIpc) is 3.00. The van der Waals surface area contributed by atoms with Crippen LogP contribution in [-0.2, 0) is 6.42 Å². The van der Waals surface area contributed by atoms with E-state index < -0.39 is 0 Å². The molecule has 7 nitrogen and oxygen atoms in total. The quantitative estimate of drug-likeness (QED) is 0.616. The van der Waals surface area contributed by atoms with Crippen LogP contribution in [0, 0.1) is 0 Å². The molecule has 0 aliphatic carbocycles. The van der Waals surface area contributed by atoms with E-state index in [1.807, 2.05) is 18.2 Å². The van der Waals surface area contributed by atoms with E-state index in [0.29, 0.717) is 19.8 Å². The number of rotatable bonds is 4. The zero-order valence-corrected chi connectivity index (χ0v) is 11.8. The van der Waals surface area contributed by atoms with E-state index in [2.05, 4.69) is 21.5 Å². The highest BCUT2D eigenvalue weighted by Gasteiger charge is 2.16. The van der Waals surface area contributed by atoms with E-state index in [9.17, 15) is 4.79 Å². The maximum Gasteiger partial charge on any atom is 0.315 e. The molecule has 21 heavy (non-hydrogen) atoms. The first-order valence-corrected chi connectivity index (χ1v) is 7.20. The Hall–Kier alpha value is -1.99. The number of hydrazine groups is 1. The van der Waals surface area contributed by atoms with Crippen molar-refractivity contribution in [3.63, 3.8) is 0 Å². The van der Waals surface area contributed by atoms with Gasteiger partial charge in [0.05, 0.1) is 6.04 Å². The number of amides is 2. The Morgan fingerprint density at radius 1 is 1.19 bits per heavy atom. The van der Waals surface area contributed by atoms with Crippen molar-refractivity contribution >= 4 is 6.03 Å². The highest BCUT2D eigenvalue weighted by Crippen LogP contribution is 2.30. The second-order valence-corrected chi connectivity index (χ2v) is 5.09. The van der Waals surface area contributed by atoms with Gasteiger partial charge in [-0.15, -0.1) is 0 Å². The van der Waals surface area contributed by atoms with Gasteiger partial charge in [-0.3, -0.25) is 10.9 Å². The molecule has 2 aliphatic rings. The Labute approximate surface area is 123 Å². The molecule has 1 saturated heterocycles. The third-order valence-electron chi connectivity index (χ3n) is 3.46. The molecule has 0 saturated carbocycles. The lowest BCUT2D eigenvalue weighted by Gasteiger charge is -2.19. The minimum Gasteiger partial charge on any atom is -0.486 e. The minimum atomic E-state index is -0.136. The van der Waals surface area contributed by atoms with E-state index in [1.54, 1.807) is 0 Å². The van der Waals surface area contributed by atoms with Crippen LogP contribution in [0.3, 0.4) is 0 Å². The molecule has 0 unspecified atom stereocenters. The van der Waals surface area contributed by atoms with Gasteiger partial charge in [-0.05, 0) is 24.1 Å². The second kappa shape index (κ2) is 6.64. The Morgan fingerprint density at radius 3 is 2.76 bits per heavy atom. The Balaban J connectivity index is 1.43. The van der Waals surface area contributed by atoms with E-state index in [0.717, 1.165) is 36.6 Å². The monoisotopic (exact) mass is 292 g/mol. The summed E-state index contributed by atoms with van der Waals surface area (Å²) in [4.78, 5) is 11.7. The van der Waals surface area contributed by atoms with Gasteiger partial charge in [0.2, 0.25) is 0 Å². The van der Waals surface area contributed by atoms with Gasteiger partial charge in [0, 0.05) is 19.6 Å². The van der Waals surface area contributed by atoms with Crippen molar-refractivity contribution in [3.8, 4) is 11.5 Å². The van der Waals surface area contributed by atoms with Gasteiger partial charge in [-0.2, -0.15) is 0 Å². The van der Waals surface area contributed by atoms with Crippen LogP contribution in [0.1, 0.15) is 5.56 Å². The number of fused-ring (bicyclic) bond motifs is 1. The van der Waals surface area contributed by atoms with Crippen LogP contribution < -0.4 is 31.0 Å². The predicted molar refractivity (Wildman–Crippen MR) is 77.5 cm³/mol. The molecule has 0 bridgehead atoms. The maximum absolute atomic E-state index is 11.7. The molecule has 4 N–H and O–H groups in total. The predicted octanol–water partition coefficient (Wildman–Crippen LogP) is -0.224. The highest BCUT2D eigenvalue weighted by atomic mass is 16.6. The first kappa shape index (κ1) is 14.0. The molecule has 0 atom stereocenters. The number of nitrogens with one attached hydrogen (secondary N) is 4. The summed E-state index contributed by atoms with van der Waals surface area (Å²) in [6, 6.07) is 5.89. The van der Waals surface area contributed by atoms with Crippen molar-refractivity contribution in [3.05, 3.63) is 23.8 Å². The minimum absolute atomic E-state index is 0.136. The molecule has 1 aromatic rings. The van der Waals surface area contributed by atoms with Crippen molar-refractivity contribution < 1.29 is 14.3 Å². The third kappa shape index (κ3) is 3.77. The molecule has 0 radical (unpaired) electrons. The smallest absolute Gasteiger partial charge is 0.315 e. The zero-order chi connectivity index (χ0) is 14.5. The van der Waals surface area contributed by atoms with Crippen LogP contribution >= 0.6 is 0 Å². The summed E-state index contributed by atoms with van der Waals surface area (Å²) in [6.07, 6.45) is 0.755. The standard InChI is InChI=1S/C14H20N4O3/c19-14(18-11-8-16-17-9-11)15-4-3-10-1-2-12-13(7-10)21-6-5-20-12/h1-2,7,11,16-17H,3-6,8-9H2,(H2,15,18,19). The first-order valence-electron chi connectivity index (χ1n) is 7.20. The van der Waals surface area contributed by atoms with E-state index in [-0.39, 0.29) is 12.1 Å². The summed E-state index contributed by atoms with van der Waals surface area (Å²) in [5.41, 5.74) is 7.06. The number of carbonyl (C=O) groups is 1. The molecular weight excluding hydrogens is 272 g/mol. The molecule has 1 aromatic carbocycles. The summed E-state index contributed by atoms with van der Waals surface area (Å²) in [6.45, 7) is 3.25. The van der Waals surface area contributed by atoms with E-state index >= 15 is 0 Å². The van der Waals surface area contributed by atoms with Gasteiger partial charge in [-0.1, -0.05) is 6.07 Å². The fourth-order valence-corrected chi connectivity index (χ4v) is 2.37. The van der Waals surface area contributed by atoms with Crippen molar-refractivity contribution in [2.45, 2.75) is 12.5 Å². The summed E-state index contributed by atoms with van der Waals surface area (Å²) < 4.78 is 11.0. The number of carbonyl (C=O) groups excluding carboxylic acids is 1. The van der Waals surface area contributed by atoms with Gasteiger partial charge in [-0.25, -0.2) is 4.79 Å². The average molecular weight is 292 g/mol. The highest BCUT2D eigenvalue weighted by molar-refractivity contribution is 5.74. The summed E-state index contributed by atoms with van der Waals surface area (Å²) in [7, 11) is 0. The van der Waals surface area contributed by atoms with E-state index in [1.165, 1.54) is 0 Å². The van der Waals surface area contributed by atoms with Crippen molar-refractivity contribution in [1.29, 1.82) is 0 Å². The lowest BCUT2D eigenvalue weighted by molar-refractivity contribution is 0.171. The van der Waals surface area contributed by atoms with Gasteiger partial charge in [0.25, 0.3) is 0 Å². The Kier molecular flexibility index (Phi) is 4.42. The number of urea groups is 1. The SMILES string of the molecule is O=C(NCCc1ccc2c(c1)OCCO2)NC1CNNC1.